The predicted molar refractivity (Wildman–Crippen MR) is 30.0 cm³/mol. The van der Waals surface area contributed by atoms with Crippen molar-refractivity contribution in [2.75, 3.05) is 0 Å². The van der Waals surface area contributed by atoms with E-state index in [2.05, 4.69) is 11.3 Å². The molecule has 0 saturated carbocycles. The number of rotatable bonds is 1. The Hall–Kier alpha value is -0.0626. The van der Waals surface area contributed by atoms with Crippen molar-refractivity contribution in [2.45, 2.75) is 26.4 Å². The van der Waals surface area contributed by atoms with Crippen LogP contribution in [0.5, 0.6) is 0 Å². The summed E-state index contributed by atoms with van der Waals surface area (Å²) < 4.78 is 4.69. The van der Waals surface area contributed by atoms with E-state index in [-0.39, 0.29) is 18.9 Å². The van der Waals surface area contributed by atoms with E-state index in [1.54, 1.807) is 20.8 Å². The Morgan fingerprint density at radius 3 is 1.78 bits per heavy atom. The quantitative estimate of drug-likeness (QED) is 0.288. The summed E-state index contributed by atoms with van der Waals surface area (Å²) in [4.78, 5) is 0. The molecule has 0 fully saturated rings. The Bertz CT molecular complexity index is 93.7. The summed E-state index contributed by atoms with van der Waals surface area (Å²) in [6, 6.07) is 0. The molecule has 0 radical (unpaired) electrons. The van der Waals surface area contributed by atoms with Gasteiger partial charge in [-0.1, -0.05) is 27.4 Å². The molecule has 0 spiro atoms. The van der Waals surface area contributed by atoms with Crippen LogP contribution in [0.1, 0.15) is 20.8 Å². The van der Waals surface area contributed by atoms with Crippen molar-refractivity contribution >= 4 is 0 Å². The summed E-state index contributed by atoms with van der Waals surface area (Å²) in [6.07, 6.45) is 0. The summed E-state index contributed by atoms with van der Waals surface area (Å²) in [6.45, 7) is 8.47. The van der Waals surface area contributed by atoms with Gasteiger partial charge < -0.3 is 9.84 Å². The Morgan fingerprint density at radius 2 is 1.78 bits per heavy atom. The third kappa shape index (κ3) is 11.5. The summed E-state index contributed by atoms with van der Waals surface area (Å²) in [5, 5.41) is 10.1. The Balaban J connectivity index is 0. The average molecular weight is 122 g/mol. The summed E-state index contributed by atoms with van der Waals surface area (Å²) in [5.74, 6) is -0.475. The molecular weight excluding hydrogens is 111 g/mol. The Labute approximate surface area is 68.1 Å². The molecule has 3 heteroatoms. The van der Waals surface area contributed by atoms with Gasteiger partial charge in [-0.15, -0.1) is 0 Å². The van der Waals surface area contributed by atoms with Crippen LogP contribution in [0.4, 0.5) is 0 Å². The van der Waals surface area contributed by atoms with Crippen LogP contribution in [-0.2, 0) is 4.74 Å². The van der Waals surface area contributed by atoms with Gasteiger partial charge in [0, 0.05) is 11.5 Å². The topological polar surface area (TPSA) is 32.3 Å². The number of hydrogen-bond acceptors (Lipinski definition) is 2. The van der Waals surface area contributed by atoms with Crippen molar-refractivity contribution in [2.24, 2.45) is 0 Å². The molecule has 9 heavy (non-hydrogen) atoms. The fraction of sp³-hybridized carbons (Fsp3) is 0.667. The zero-order valence-corrected chi connectivity index (χ0v) is 6.52. The molecule has 0 amide bonds. The second kappa shape index (κ2) is 3.87. The van der Waals surface area contributed by atoms with Crippen LogP contribution in [0.25, 0.3) is 0 Å². The minimum Gasteiger partial charge on any atom is -0.608 e. The van der Waals surface area contributed by atoms with Crippen LogP contribution >= 0.6 is 0 Å². The van der Waals surface area contributed by atoms with Gasteiger partial charge in [0.2, 0.25) is 0 Å². The van der Waals surface area contributed by atoms with Gasteiger partial charge >= 0.3 is 18.9 Å². The van der Waals surface area contributed by atoms with Gasteiger partial charge in [0.25, 0.3) is 0 Å². The molecule has 0 aliphatic rings. The van der Waals surface area contributed by atoms with Gasteiger partial charge in [0.15, 0.2) is 0 Å². The van der Waals surface area contributed by atoms with Gasteiger partial charge in [0.1, 0.15) is 0 Å². The molecule has 0 rings (SSSR count). The minimum atomic E-state index is -0.475. The molecule has 0 bridgehead atoms. The van der Waals surface area contributed by atoms with Crippen LogP contribution in [0.3, 0.4) is 0 Å². The first-order valence-corrected chi connectivity index (χ1v) is 2.47. The smallest absolute Gasteiger partial charge is 0.608 e. The maximum Gasteiger partial charge on any atom is 1.00 e. The van der Waals surface area contributed by atoms with E-state index in [1.165, 1.54) is 0 Å². The van der Waals surface area contributed by atoms with Gasteiger partial charge in [-0.05, 0) is 0 Å². The van der Waals surface area contributed by atoms with E-state index >= 15 is 0 Å². The monoisotopic (exact) mass is 122 g/mol. The Morgan fingerprint density at radius 1 is 1.44 bits per heavy atom. The molecule has 0 aromatic heterocycles. The van der Waals surface area contributed by atoms with Gasteiger partial charge in [-0.3, -0.25) is 0 Å². The van der Waals surface area contributed by atoms with Gasteiger partial charge in [-0.25, -0.2) is 0 Å². The first kappa shape index (κ1) is 11.7. The number of hydrogen-bond donors (Lipinski definition) is 0. The minimum absolute atomic E-state index is 0. The third-order valence-corrected chi connectivity index (χ3v) is 0.420. The summed E-state index contributed by atoms with van der Waals surface area (Å²) in [7, 11) is 0. The molecule has 0 N–H and O–H groups in total. The average Bonchev–Trinajstić information content (AvgIpc) is 1.21. The van der Waals surface area contributed by atoms with Gasteiger partial charge in [0.05, 0.1) is 0 Å². The molecule has 0 saturated heterocycles. The zero-order valence-electron chi connectivity index (χ0n) is 6.52. The molecule has 0 aromatic rings. The van der Waals surface area contributed by atoms with Crippen molar-refractivity contribution in [3.63, 3.8) is 0 Å². The van der Waals surface area contributed by atoms with Crippen molar-refractivity contribution < 1.29 is 28.7 Å². The molecule has 0 aliphatic carbocycles. The van der Waals surface area contributed by atoms with Crippen LogP contribution < -0.4 is 24.0 Å². The standard InChI is InChI=1S/C6H12O2.Li/c1-5(7)8-6(2,3)4;/h7H,1H2,2-4H3;/q;+1/p-1. The number of ether oxygens (including phenoxy) is 1. The van der Waals surface area contributed by atoms with Crippen molar-refractivity contribution in [3.8, 4) is 0 Å². The molecule has 0 heterocycles. The SMILES string of the molecule is C=C([O-])OC(C)(C)C.[Li+]. The molecule has 48 valence electrons. The van der Waals surface area contributed by atoms with E-state index in [9.17, 15) is 5.11 Å². The summed E-state index contributed by atoms with van der Waals surface area (Å²) in [5.41, 5.74) is -0.390. The molecule has 0 atom stereocenters. The van der Waals surface area contributed by atoms with E-state index in [4.69, 9.17) is 0 Å². The first-order chi connectivity index (χ1) is 3.42. The normalized spacial score (nSPS) is 9.67. The van der Waals surface area contributed by atoms with Crippen LogP contribution in [-0.4, -0.2) is 5.60 Å². The molecule has 2 nitrogen and oxygen atoms in total. The van der Waals surface area contributed by atoms with Crippen molar-refractivity contribution in [1.29, 1.82) is 0 Å². The van der Waals surface area contributed by atoms with Crippen LogP contribution in [0.2, 0.25) is 0 Å². The molecular formula is C6H11LiO2. The summed E-state index contributed by atoms with van der Waals surface area (Å²) >= 11 is 0. The van der Waals surface area contributed by atoms with Crippen LogP contribution in [0.15, 0.2) is 12.5 Å². The fourth-order valence-electron chi connectivity index (χ4n) is 0.342. The maximum absolute atomic E-state index is 10.1. The maximum atomic E-state index is 10.1. The van der Waals surface area contributed by atoms with Crippen molar-refractivity contribution in [1.82, 2.24) is 0 Å². The molecule has 0 unspecified atom stereocenters. The first-order valence-electron chi connectivity index (χ1n) is 2.47. The third-order valence-electron chi connectivity index (χ3n) is 0.420. The Kier molecular flexibility index (Phi) is 5.03. The van der Waals surface area contributed by atoms with Gasteiger partial charge in [-0.2, -0.15) is 0 Å². The largest absolute Gasteiger partial charge is 1.00 e. The van der Waals surface area contributed by atoms with E-state index in [0.717, 1.165) is 0 Å². The second-order valence-electron chi connectivity index (χ2n) is 2.59. The predicted octanol–water partition coefficient (Wildman–Crippen LogP) is -2.36. The van der Waals surface area contributed by atoms with E-state index < -0.39 is 11.5 Å². The van der Waals surface area contributed by atoms with E-state index in [0.29, 0.717) is 0 Å². The fourth-order valence-corrected chi connectivity index (χ4v) is 0.342. The molecule has 0 aromatic carbocycles. The zero-order chi connectivity index (χ0) is 6.78. The second-order valence-corrected chi connectivity index (χ2v) is 2.59. The van der Waals surface area contributed by atoms with Crippen LogP contribution in [0, 0.1) is 0 Å². The van der Waals surface area contributed by atoms with Crippen molar-refractivity contribution in [3.05, 3.63) is 12.5 Å². The van der Waals surface area contributed by atoms with E-state index in [1.807, 2.05) is 0 Å². The molecule has 0 aliphatic heterocycles.